The van der Waals surface area contributed by atoms with Crippen LogP contribution in [0.1, 0.15) is 19.3 Å². The first-order chi connectivity index (χ1) is 7.40. The molecular formula is C11H16N4. The lowest BCUT2D eigenvalue weighted by Crippen LogP contribution is -2.42. The first kappa shape index (κ1) is 10.2. The summed E-state index contributed by atoms with van der Waals surface area (Å²) in [7, 11) is 0. The Bertz CT molecular complexity index is 325. The van der Waals surface area contributed by atoms with E-state index in [1.165, 1.54) is 19.3 Å². The molecule has 4 heteroatoms. The van der Waals surface area contributed by atoms with Crippen LogP contribution in [-0.2, 0) is 6.54 Å². The molecule has 15 heavy (non-hydrogen) atoms. The Morgan fingerprint density at radius 1 is 1.47 bits per heavy atom. The lowest BCUT2D eigenvalue weighted by atomic mass is 10.0. The molecule has 4 nitrogen and oxygen atoms in total. The predicted octanol–water partition coefficient (Wildman–Crippen LogP) is 1.26. The van der Waals surface area contributed by atoms with Gasteiger partial charge in [-0.15, -0.1) is 0 Å². The van der Waals surface area contributed by atoms with Crippen molar-refractivity contribution in [2.75, 3.05) is 13.1 Å². The standard InChI is InChI=1S/C11H16N4/c12-5-9-14-7-2-1-4-11(14)10-15-8-3-6-13-15/h3,6,8,11H,1-2,4,7,9-10H2/t11-/m0/s1. The fourth-order valence-electron chi connectivity index (χ4n) is 2.19. The third-order valence-corrected chi connectivity index (χ3v) is 2.98. The molecule has 1 aliphatic heterocycles. The fraction of sp³-hybridized carbons (Fsp3) is 0.636. The van der Waals surface area contributed by atoms with Gasteiger partial charge in [0.15, 0.2) is 0 Å². The van der Waals surface area contributed by atoms with Crippen LogP contribution in [0.5, 0.6) is 0 Å². The van der Waals surface area contributed by atoms with E-state index >= 15 is 0 Å². The summed E-state index contributed by atoms with van der Waals surface area (Å²) >= 11 is 0. The van der Waals surface area contributed by atoms with Crippen LogP contribution in [0.15, 0.2) is 18.5 Å². The summed E-state index contributed by atoms with van der Waals surface area (Å²) in [6.07, 6.45) is 7.46. The molecule has 0 amide bonds. The predicted molar refractivity (Wildman–Crippen MR) is 57.1 cm³/mol. The fourth-order valence-corrected chi connectivity index (χ4v) is 2.19. The lowest BCUT2D eigenvalue weighted by Gasteiger charge is -2.33. The van der Waals surface area contributed by atoms with Gasteiger partial charge in [0.05, 0.1) is 19.2 Å². The summed E-state index contributed by atoms with van der Waals surface area (Å²) in [5, 5.41) is 13.0. The molecule has 0 radical (unpaired) electrons. The van der Waals surface area contributed by atoms with E-state index < -0.39 is 0 Å². The van der Waals surface area contributed by atoms with E-state index in [1.807, 2.05) is 16.9 Å². The van der Waals surface area contributed by atoms with Gasteiger partial charge in [0.2, 0.25) is 0 Å². The van der Waals surface area contributed by atoms with Gasteiger partial charge in [0.25, 0.3) is 0 Å². The highest BCUT2D eigenvalue weighted by molar-refractivity contribution is 4.86. The minimum absolute atomic E-state index is 0.485. The largest absolute Gasteiger partial charge is 0.286 e. The molecule has 80 valence electrons. The van der Waals surface area contributed by atoms with Gasteiger partial charge in [0.1, 0.15) is 0 Å². The van der Waals surface area contributed by atoms with E-state index in [-0.39, 0.29) is 0 Å². The number of likely N-dealkylation sites (tertiary alicyclic amines) is 1. The summed E-state index contributed by atoms with van der Waals surface area (Å²) in [6.45, 7) is 2.51. The Morgan fingerprint density at radius 2 is 2.40 bits per heavy atom. The lowest BCUT2D eigenvalue weighted by molar-refractivity contribution is 0.147. The summed E-state index contributed by atoms with van der Waals surface area (Å²) < 4.78 is 1.96. The van der Waals surface area contributed by atoms with Gasteiger partial charge in [-0.2, -0.15) is 10.4 Å². The van der Waals surface area contributed by atoms with Crippen LogP contribution >= 0.6 is 0 Å². The van der Waals surface area contributed by atoms with E-state index in [2.05, 4.69) is 16.1 Å². The summed E-state index contributed by atoms with van der Waals surface area (Å²) in [5.74, 6) is 0. The second-order valence-electron chi connectivity index (χ2n) is 4.01. The molecule has 1 saturated heterocycles. The molecule has 0 N–H and O–H groups in total. The molecule has 1 aromatic rings. The SMILES string of the molecule is N#CCN1CCCC[C@H]1Cn1cccn1. The van der Waals surface area contributed by atoms with Crippen LogP contribution in [0.25, 0.3) is 0 Å². The second kappa shape index (κ2) is 4.94. The maximum Gasteiger partial charge on any atom is 0.0869 e. The molecule has 1 aliphatic rings. The highest BCUT2D eigenvalue weighted by Gasteiger charge is 2.22. The van der Waals surface area contributed by atoms with Crippen LogP contribution in [0.2, 0.25) is 0 Å². The van der Waals surface area contributed by atoms with Crippen LogP contribution in [-0.4, -0.2) is 33.8 Å². The number of nitriles is 1. The van der Waals surface area contributed by atoms with Crippen molar-refractivity contribution >= 4 is 0 Å². The smallest absolute Gasteiger partial charge is 0.0869 e. The quantitative estimate of drug-likeness (QED) is 0.696. The molecule has 0 aliphatic carbocycles. The van der Waals surface area contributed by atoms with Crippen LogP contribution < -0.4 is 0 Å². The van der Waals surface area contributed by atoms with E-state index in [1.54, 1.807) is 6.20 Å². The normalized spacial score (nSPS) is 22.5. The van der Waals surface area contributed by atoms with Crippen molar-refractivity contribution in [3.63, 3.8) is 0 Å². The zero-order valence-electron chi connectivity index (χ0n) is 8.84. The topological polar surface area (TPSA) is 44.9 Å². The summed E-state index contributed by atoms with van der Waals surface area (Å²) in [4.78, 5) is 2.27. The maximum absolute atomic E-state index is 8.75. The van der Waals surface area contributed by atoms with E-state index in [4.69, 9.17) is 5.26 Å². The van der Waals surface area contributed by atoms with Gasteiger partial charge in [-0.3, -0.25) is 9.58 Å². The Balaban J connectivity index is 1.96. The molecule has 0 spiro atoms. The number of rotatable bonds is 3. The summed E-state index contributed by atoms with van der Waals surface area (Å²) in [5.41, 5.74) is 0. The third-order valence-electron chi connectivity index (χ3n) is 2.98. The minimum Gasteiger partial charge on any atom is -0.286 e. The molecule has 2 heterocycles. The van der Waals surface area contributed by atoms with Crippen molar-refractivity contribution in [3.8, 4) is 6.07 Å². The Labute approximate surface area is 90.1 Å². The first-order valence-corrected chi connectivity index (χ1v) is 5.48. The van der Waals surface area contributed by atoms with Gasteiger partial charge >= 0.3 is 0 Å². The molecular weight excluding hydrogens is 188 g/mol. The number of hydrogen-bond acceptors (Lipinski definition) is 3. The second-order valence-corrected chi connectivity index (χ2v) is 4.01. The molecule has 2 rings (SSSR count). The van der Waals surface area contributed by atoms with Crippen molar-refractivity contribution in [2.45, 2.75) is 31.8 Å². The molecule has 1 fully saturated rings. The van der Waals surface area contributed by atoms with Gasteiger partial charge in [0, 0.05) is 18.4 Å². The van der Waals surface area contributed by atoms with Crippen LogP contribution in [0, 0.1) is 11.3 Å². The Morgan fingerprint density at radius 3 is 3.13 bits per heavy atom. The van der Waals surface area contributed by atoms with Crippen molar-refractivity contribution in [2.24, 2.45) is 0 Å². The monoisotopic (exact) mass is 204 g/mol. The van der Waals surface area contributed by atoms with Crippen LogP contribution in [0.3, 0.4) is 0 Å². The third kappa shape index (κ3) is 2.57. The number of aromatic nitrogens is 2. The summed E-state index contributed by atoms with van der Waals surface area (Å²) in [6, 6.07) is 4.67. The highest BCUT2D eigenvalue weighted by Crippen LogP contribution is 2.17. The zero-order chi connectivity index (χ0) is 10.5. The van der Waals surface area contributed by atoms with Gasteiger partial charge < -0.3 is 0 Å². The van der Waals surface area contributed by atoms with Gasteiger partial charge in [-0.25, -0.2) is 0 Å². The highest BCUT2D eigenvalue weighted by atomic mass is 15.3. The minimum atomic E-state index is 0.485. The first-order valence-electron chi connectivity index (χ1n) is 5.48. The van der Waals surface area contributed by atoms with Crippen molar-refractivity contribution in [3.05, 3.63) is 18.5 Å². The Hall–Kier alpha value is -1.34. The van der Waals surface area contributed by atoms with Crippen molar-refractivity contribution < 1.29 is 0 Å². The number of nitrogens with zero attached hydrogens (tertiary/aromatic N) is 4. The van der Waals surface area contributed by atoms with E-state index in [9.17, 15) is 0 Å². The van der Waals surface area contributed by atoms with Gasteiger partial charge in [-0.1, -0.05) is 6.42 Å². The molecule has 0 saturated carbocycles. The number of piperidine rings is 1. The van der Waals surface area contributed by atoms with Gasteiger partial charge in [-0.05, 0) is 25.5 Å². The molecule has 0 aromatic carbocycles. The van der Waals surface area contributed by atoms with Crippen LogP contribution in [0.4, 0.5) is 0 Å². The van der Waals surface area contributed by atoms with Crippen molar-refractivity contribution in [1.29, 1.82) is 5.26 Å². The van der Waals surface area contributed by atoms with Crippen molar-refractivity contribution in [1.82, 2.24) is 14.7 Å². The molecule has 0 bridgehead atoms. The van der Waals surface area contributed by atoms with E-state index in [0.29, 0.717) is 12.6 Å². The molecule has 1 aromatic heterocycles. The molecule has 0 unspecified atom stereocenters. The molecule has 1 atom stereocenters. The average molecular weight is 204 g/mol. The zero-order valence-corrected chi connectivity index (χ0v) is 8.84. The maximum atomic E-state index is 8.75. The Kier molecular flexibility index (Phi) is 3.36. The van der Waals surface area contributed by atoms with E-state index in [0.717, 1.165) is 13.1 Å². The number of hydrogen-bond donors (Lipinski definition) is 0. The average Bonchev–Trinajstić information content (AvgIpc) is 2.74.